The zero-order chi connectivity index (χ0) is 11.5. The van der Waals surface area contributed by atoms with Crippen LogP contribution in [-0.4, -0.2) is 25.2 Å². The second-order valence-corrected chi connectivity index (χ2v) is 4.95. The van der Waals surface area contributed by atoms with Gasteiger partial charge in [0.05, 0.1) is 17.3 Å². The van der Waals surface area contributed by atoms with Crippen molar-refractivity contribution in [3.63, 3.8) is 0 Å². The van der Waals surface area contributed by atoms with Crippen molar-refractivity contribution < 1.29 is 4.21 Å². The van der Waals surface area contributed by atoms with Crippen LogP contribution >= 0.6 is 0 Å². The van der Waals surface area contributed by atoms with Crippen molar-refractivity contribution in [2.45, 2.75) is 18.6 Å². The molecule has 16 heavy (non-hydrogen) atoms. The van der Waals surface area contributed by atoms with Crippen molar-refractivity contribution in [2.75, 3.05) is 6.26 Å². The highest BCUT2D eigenvalue weighted by molar-refractivity contribution is 7.84. The Labute approximate surface area is 96.8 Å². The maximum atomic E-state index is 11.4. The molecule has 5 heteroatoms. The highest BCUT2D eigenvalue weighted by Gasteiger charge is 2.07. The molecule has 0 spiro atoms. The highest BCUT2D eigenvalue weighted by atomic mass is 32.2. The van der Waals surface area contributed by atoms with E-state index in [1.807, 2.05) is 0 Å². The number of hydrogen-bond donors (Lipinski definition) is 0. The summed E-state index contributed by atoms with van der Waals surface area (Å²) in [6.45, 7) is 2.71. The minimum absolute atomic E-state index is 0.514. The van der Waals surface area contributed by atoms with E-state index in [9.17, 15) is 4.21 Å². The molecule has 84 valence electrons. The number of benzene rings is 1. The Morgan fingerprint density at radius 3 is 2.62 bits per heavy atom. The first-order valence-electron chi connectivity index (χ1n) is 4.93. The minimum atomic E-state index is -1.10. The van der Waals surface area contributed by atoms with Gasteiger partial charge in [-0.3, -0.25) is 4.21 Å². The van der Waals surface area contributed by atoms with E-state index in [2.05, 4.69) is 41.4 Å². The zero-order valence-electron chi connectivity index (χ0n) is 9.25. The van der Waals surface area contributed by atoms with E-state index in [0.29, 0.717) is 11.7 Å². The van der Waals surface area contributed by atoms with Gasteiger partial charge in [0, 0.05) is 6.26 Å². The molecule has 1 atom stereocenters. The molecule has 2 aromatic rings. The van der Waals surface area contributed by atoms with Crippen molar-refractivity contribution in [1.82, 2.24) is 14.8 Å². The molecule has 1 aromatic heterocycles. The van der Waals surface area contributed by atoms with E-state index in [1.165, 1.54) is 5.56 Å². The highest BCUT2D eigenvalue weighted by Crippen LogP contribution is 2.08. The molecule has 4 nitrogen and oxygen atoms in total. The number of rotatable bonds is 3. The van der Waals surface area contributed by atoms with E-state index in [4.69, 9.17) is 0 Å². The van der Waals surface area contributed by atoms with E-state index < -0.39 is 10.8 Å². The largest absolute Gasteiger partial charge is 0.302 e. The average Bonchev–Trinajstić information content (AvgIpc) is 2.69. The van der Waals surface area contributed by atoms with Crippen molar-refractivity contribution in [2.24, 2.45) is 0 Å². The Balaban J connectivity index is 2.23. The van der Waals surface area contributed by atoms with Crippen LogP contribution in [0, 0.1) is 6.92 Å². The van der Waals surface area contributed by atoms with Crippen LogP contribution < -0.4 is 0 Å². The maximum Gasteiger partial charge on any atom is 0.221 e. The molecule has 0 saturated heterocycles. The molecule has 0 unspecified atom stereocenters. The van der Waals surface area contributed by atoms with Gasteiger partial charge in [-0.15, -0.1) is 10.2 Å². The van der Waals surface area contributed by atoms with Gasteiger partial charge in [-0.2, -0.15) is 0 Å². The summed E-state index contributed by atoms with van der Waals surface area (Å²) in [5.41, 5.74) is 2.38. The number of hydrogen-bond acceptors (Lipinski definition) is 3. The molecule has 0 aliphatic heterocycles. The molecule has 2 rings (SSSR count). The van der Waals surface area contributed by atoms with Crippen molar-refractivity contribution in [1.29, 1.82) is 0 Å². The lowest BCUT2D eigenvalue weighted by atomic mass is 10.1. The number of nitrogens with zero attached hydrogens (tertiary/aromatic N) is 3. The lowest BCUT2D eigenvalue weighted by molar-refractivity contribution is 0.653. The molecule has 0 bridgehead atoms. The Morgan fingerprint density at radius 2 is 2.00 bits per heavy atom. The first-order valence-corrected chi connectivity index (χ1v) is 6.49. The molecule has 0 aliphatic rings. The minimum Gasteiger partial charge on any atom is -0.302 e. The first kappa shape index (κ1) is 11.0. The third-order valence-electron chi connectivity index (χ3n) is 2.31. The van der Waals surface area contributed by atoms with Gasteiger partial charge in [-0.25, -0.2) is 0 Å². The van der Waals surface area contributed by atoms with Crippen LogP contribution in [0.25, 0.3) is 0 Å². The van der Waals surface area contributed by atoms with Gasteiger partial charge in [-0.1, -0.05) is 29.8 Å². The number of aromatic nitrogens is 3. The molecule has 0 saturated carbocycles. The molecule has 0 fully saturated rings. The summed E-state index contributed by atoms with van der Waals surface area (Å²) in [5.74, 6) is 0. The third-order valence-corrected chi connectivity index (χ3v) is 3.14. The van der Waals surface area contributed by atoms with Crippen LogP contribution in [0.3, 0.4) is 0 Å². The summed E-state index contributed by atoms with van der Waals surface area (Å²) in [7, 11) is -1.10. The van der Waals surface area contributed by atoms with Gasteiger partial charge >= 0.3 is 0 Å². The molecule has 0 aliphatic carbocycles. The van der Waals surface area contributed by atoms with Crippen LogP contribution in [0.1, 0.15) is 11.1 Å². The van der Waals surface area contributed by atoms with Crippen LogP contribution in [-0.2, 0) is 17.3 Å². The van der Waals surface area contributed by atoms with Crippen LogP contribution in [0.4, 0.5) is 0 Å². The van der Waals surface area contributed by atoms with Gasteiger partial charge in [0.2, 0.25) is 5.16 Å². The van der Waals surface area contributed by atoms with Crippen LogP contribution in [0.2, 0.25) is 0 Å². The van der Waals surface area contributed by atoms with E-state index >= 15 is 0 Å². The zero-order valence-corrected chi connectivity index (χ0v) is 10.1. The smallest absolute Gasteiger partial charge is 0.221 e. The molecule has 0 N–H and O–H groups in total. The van der Waals surface area contributed by atoms with Crippen LogP contribution in [0.5, 0.6) is 0 Å². The fraction of sp³-hybridized carbons (Fsp3) is 0.273. The fourth-order valence-corrected chi connectivity index (χ4v) is 2.07. The predicted molar refractivity (Wildman–Crippen MR) is 62.6 cm³/mol. The van der Waals surface area contributed by atoms with Gasteiger partial charge in [0.25, 0.3) is 0 Å². The average molecular weight is 235 g/mol. The summed E-state index contributed by atoms with van der Waals surface area (Å²) >= 11 is 0. The summed E-state index contributed by atoms with van der Waals surface area (Å²) in [4.78, 5) is 0. The lowest BCUT2D eigenvalue weighted by Gasteiger charge is -2.04. The Bertz CT molecular complexity index is 504. The molecular weight excluding hydrogens is 222 g/mol. The molecule has 1 aromatic carbocycles. The standard InChI is InChI=1S/C11H13N3OS/c1-9-3-5-10(6-4-9)7-14-8-12-13-11(14)16(2)15/h3-6,8H,7H2,1-2H3/t16-/m0/s1. The molecule has 1 heterocycles. The predicted octanol–water partition coefficient (Wildman–Crippen LogP) is 1.37. The monoisotopic (exact) mass is 235 g/mol. The van der Waals surface area contributed by atoms with Gasteiger partial charge in [0.1, 0.15) is 6.33 Å². The summed E-state index contributed by atoms with van der Waals surface area (Å²) in [6, 6.07) is 8.22. The molecule has 0 amide bonds. The summed E-state index contributed by atoms with van der Waals surface area (Å²) in [5, 5.41) is 8.13. The quantitative estimate of drug-likeness (QED) is 0.807. The van der Waals surface area contributed by atoms with E-state index in [-0.39, 0.29) is 0 Å². The van der Waals surface area contributed by atoms with Gasteiger partial charge in [0.15, 0.2) is 0 Å². The maximum absolute atomic E-state index is 11.4. The summed E-state index contributed by atoms with van der Waals surface area (Å²) < 4.78 is 13.2. The fourth-order valence-electron chi connectivity index (χ4n) is 1.47. The first-order chi connectivity index (χ1) is 7.66. The van der Waals surface area contributed by atoms with E-state index in [0.717, 1.165) is 5.56 Å². The summed E-state index contributed by atoms with van der Waals surface area (Å²) in [6.07, 6.45) is 3.21. The lowest BCUT2D eigenvalue weighted by Crippen LogP contribution is -2.05. The normalized spacial score (nSPS) is 12.6. The van der Waals surface area contributed by atoms with Gasteiger partial charge < -0.3 is 4.57 Å². The van der Waals surface area contributed by atoms with Crippen molar-refractivity contribution >= 4 is 10.8 Å². The SMILES string of the molecule is Cc1ccc(Cn2cnnc2[S@](C)=O)cc1. The van der Waals surface area contributed by atoms with Gasteiger partial charge in [-0.05, 0) is 12.5 Å². The van der Waals surface area contributed by atoms with E-state index in [1.54, 1.807) is 17.2 Å². The third kappa shape index (κ3) is 2.36. The Kier molecular flexibility index (Phi) is 3.14. The van der Waals surface area contributed by atoms with Crippen molar-refractivity contribution in [3.8, 4) is 0 Å². The molecular formula is C11H13N3OS. The van der Waals surface area contributed by atoms with Crippen molar-refractivity contribution in [3.05, 3.63) is 41.7 Å². The second-order valence-electron chi connectivity index (χ2n) is 3.68. The number of aryl methyl sites for hydroxylation is 1. The molecule has 0 radical (unpaired) electrons. The second kappa shape index (κ2) is 4.57. The Morgan fingerprint density at radius 1 is 1.31 bits per heavy atom. The Hall–Kier alpha value is -1.49. The topological polar surface area (TPSA) is 47.8 Å². The van der Waals surface area contributed by atoms with Crippen LogP contribution in [0.15, 0.2) is 35.7 Å².